The van der Waals surface area contributed by atoms with Crippen molar-refractivity contribution < 1.29 is 14.0 Å². The third-order valence-corrected chi connectivity index (χ3v) is 3.05. The summed E-state index contributed by atoms with van der Waals surface area (Å²) in [7, 11) is 0. The van der Waals surface area contributed by atoms with Crippen LogP contribution in [0.15, 0.2) is 42.5 Å². The molecule has 20 heavy (non-hydrogen) atoms. The molecule has 3 nitrogen and oxygen atoms in total. The van der Waals surface area contributed by atoms with Crippen molar-refractivity contribution in [2.75, 3.05) is 5.32 Å². The highest BCUT2D eigenvalue weighted by molar-refractivity contribution is 6.67. The van der Waals surface area contributed by atoms with Crippen molar-refractivity contribution in [3.8, 4) is 0 Å². The van der Waals surface area contributed by atoms with Gasteiger partial charge >= 0.3 is 0 Å². The molecule has 0 heterocycles. The van der Waals surface area contributed by atoms with Crippen LogP contribution in [0.4, 0.5) is 10.1 Å². The number of carbonyl (C=O) groups is 2. The van der Waals surface area contributed by atoms with Crippen molar-refractivity contribution >= 4 is 40.0 Å². The maximum absolute atomic E-state index is 12.9. The Labute approximate surface area is 124 Å². The Morgan fingerprint density at radius 1 is 1.10 bits per heavy atom. The van der Waals surface area contributed by atoms with Gasteiger partial charge in [0.1, 0.15) is 5.82 Å². The number of rotatable bonds is 3. The molecule has 0 saturated carbocycles. The standard InChI is InChI=1S/C14H8Cl2FNO2/c15-12-7-9(17)4-5-11(12)14(20)18-10-3-1-2-8(6-10)13(16)19/h1-7H,(H,18,20). The van der Waals surface area contributed by atoms with Gasteiger partial charge < -0.3 is 5.32 Å². The molecule has 2 aromatic rings. The fourth-order valence-corrected chi connectivity index (χ4v) is 1.96. The van der Waals surface area contributed by atoms with Crippen molar-refractivity contribution in [1.29, 1.82) is 0 Å². The number of benzene rings is 2. The largest absolute Gasteiger partial charge is 0.322 e. The number of halogens is 3. The van der Waals surface area contributed by atoms with Gasteiger partial charge in [-0.3, -0.25) is 9.59 Å². The molecule has 0 bridgehead atoms. The summed E-state index contributed by atoms with van der Waals surface area (Å²) in [4.78, 5) is 23.0. The van der Waals surface area contributed by atoms with E-state index in [2.05, 4.69) is 5.32 Å². The lowest BCUT2D eigenvalue weighted by Crippen LogP contribution is -2.12. The molecule has 0 atom stereocenters. The highest BCUT2D eigenvalue weighted by atomic mass is 35.5. The number of amides is 1. The molecule has 0 aliphatic rings. The summed E-state index contributed by atoms with van der Waals surface area (Å²) < 4.78 is 12.9. The first kappa shape index (κ1) is 14.5. The van der Waals surface area contributed by atoms with Gasteiger partial charge in [-0.15, -0.1) is 0 Å². The van der Waals surface area contributed by atoms with Gasteiger partial charge in [-0.1, -0.05) is 17.7 Å². The van der Waals surface area contributed by atoms with Gasteiger partial charge in [0.05, 0.1) is 10.6 Å². The highest BCUT2D eigenvalue weighted by Crippen LogP contribution is 2.19. The smallest absolute Gasteiger partial charge is 0.257 e. The van der Waals surface area contributed by atoms with Gasteiger partial charge in [0.25, 0.3) is 11.1 Å². The Morgan fingerprint density at radius 3 is 2.50 bits per heavy atom. The van der Waals surface area contributed by atoms with Gasteiger partial charge in [0.15, 0.2) is 0 Å². The molecule has 102 valence electrons. The van der Waals surface area contributed by atoms with Crippen LogP contribution < -0.4 is 5.32 Å². The Bertz CT molecular complexity index is 689. The summed E-state index contributed by atoms with van der Waals surface area (Å²) >= 11 is 11.2. The van der Waals surface area contributed by atoms with E-state index in [-0.39, 0.29) is 16.1 Å². The maximum atomic E-state index is 12.9. The van der Waals surface area contributed by atoms with E-state index in [1.54, 1.807) is 12.1 Å². The zero-order chi connectivity index (χ0) is 14.7. The number of hydrogen-bond donors (Lipinski definition) is 1. The zero-order valence-corrected chi connectivity index (χ0v) is 11.5. The molecule has 0 saturated heterocycles. The normalized spacial score (nSPS) is 10.2. The molecule has 2 rings (SSSR count). The van der Waals surface area contributed by atoms with Gasteiger partial charge in [-0.05, 0) is 48.0 Å². The Kier molecular flexibility index (Phi) is 4.37. The van der Waals surface area contributed by atoms with E-state index in [9.17, 15) is 14.0 Å². The molecule has 0 unspecified atom stereocenters. The van der Waals surface area contributed by atoms with Crippen LogP contribution in [0.2, 0.25) is 5.02 Å². The van der Waals surface area contributed by atoms with Crippen LogP contribution in [0.3, 0.4) is 0 Å². The first-order chi connectivity index (χ1) is 9.47. The summed E-state index contributed by atoms with van der Waals surface area (Å²) in [5.41, 5.74) is 0.784. The summed E-state index contributed by atoms with van der Waals surface area (Å²) in [6, 6.07) is 9.61. The molecule has 0 aliphatic carbocycles. The van der Waals surface area contributed by atoms with E-state index in [4.69, 9.17) is 23.2 Å². The third-order valence-electron chi connectivity index (χ3n) is 2.52. The van der Waals surface area contributed by atoms with Gasteiger partial charge in [-0.25, -0.2) is 4.39 Å². The second kappa shape index (κ2) is 6.03. The lowest BCUT2D eigenvalue weighted by atomic mass is 10.2. The second-order valence-electron chi connectivity index (χ2n) is 3.93. The van der Waals surface area contributed by atoms with Crippen molar-refractivity contribution in [3.63, 3.8) is 0 Å². The molecular weight excluding hydrogens is 304 g/mol. The van der Waals surface area contributed by atoms with Crippen LogP contribution in [-0.2, 0) is 0 Å². The number of nitrogens with one attached hydrogen (secondary N) is 1. The fraction of sp³-hybridized carbons (Fsp3) is 0. The van der Waals surface area contributed by atoms with Crippen LogP contribution in [0.1, 0.15) is 20.7 Å². The third kappa shape index (κ3) is 3.35. The predicted octanol–water partition coefficient (Wildman–Crippen LogP) is 4.11. The average molecular weight is 312 g/mol. The predicted molar refractivity (Wildman–Crippen MR) is 76.0 cm³/mol. The van der Waals surface area contributed by atoms with E-state index < -0.39 is 17.0 Å². The topological polar surface area (TPSA) is 46.2 Å². The van der Waals surface area contributed by atoms with Crippen LogP contribution in [0.5, 0.6) is 0 Å². The molecule has 0 aromatic heterocycles. The van der Waals surface area contributed by atoms with E-state index in [0.717, 1.165) is 12.1 Å². The highest BCUT2D eigenvalue weighted by Gasteiger charge is 2.12. The van der Waals surface area contributed by atoms with Crippen LogP contribution in [0.25, 0.3) is 0 Å². The number of carbonyl (C=O) groups excluding carboxylic acids is 2. The minimum Gasteiger partial charge on any atom is -0.322 e. The maximum Gasteiger partial charge on any atom is 0.257 e. The Morgan fingerprint density at radius 2 is 1.85 bits per heavy atom. The van der Waals surface area contributed by atoms with Crippen LogP contribution in [-0.4, -0.2) is 11.1 Å². The van der Waals surface area contributed by atoms with Crippen molar-refractivity contribution in [3.05, 3.63) is 64.4 Å². The number of anilines is 1. The molecule has 1 N–H and O–H groups in total. The number of hydrogen-bond acceptors (Lipinski definition) is 2. The zero-order valence-electron chi connectivity index (χ0n) is 9.99. The lowest BCUT2D eigenvalue weighted by molar-refractivity contribution is 0.102. The summed E-state index contributed by atoms with van der Waals surface area (Å²) in [5, 5.41) is 1.94. The quantitative estimate of drug-likeness (QED) is 0.867. The summed E-state index contributed by atoms with van der Waals surface area (Å²) in [6.07, 6.45) is 0. The van der Waals surface area contributed by atoms with Gasteiger partial charge in [0.2, 0.25) is 0 Å². The first-order valence-corrected chi connectivity index (χ1v) is 6.29. The van der Waals surface area contributed by atoms with E-state index in [1.807, 2.05) is 0 Å². The molecule has 1 amide bonds. The summed E-state index contributed by atoms with van der Waals surface area (Å²) in [6.45, 7) is 0. The average Bonchev–Trinajstić information content (AvgIpc) is 2.38. The molecular formula is C14H8Cl2FNO2. The van der Waals surface area contributed by atoms with Gasteiger partial charge in [0, 0.05) is 11.3 Å². The van der Waals surface area contributed by atoms with E-state index in [0.29, 0.717) is 5.69 Å². The van der Waals surface area contributed by atoms with E-state index in [1.165, 1.54) is 18.2 Å². The van der Waals surface area contributed by atoms with Crippen molar-refractivity contribution in [2.24, 2.45) is 0 Å². The second-order valence-corrected chi connectivity index (χ2v) is 4.68. The van der Waals surface area contributed by atoms with Crippen LogP contribution in [0, 0.1) is 5.82 Å². The minimum atomic E-state index is -0.624. The van der Waals surface area contributed by atoms with Crippen molar-refractivity contribution in [2.45, 2.75) is 0 Å². The minimum absolute atomic E-state index is 0.00655. The summed E-state index contributed by atoms with van der Waals surface area (Å²) in [5.74, 6) is -1.03. The Hall–Kier alpha value is -1.91. The SMILES string of the molecule is O=C(Cl)c1cccc(NC(=O)c2ccc(F)cc2Cl)c1. The first-order valence-electron chi connectivity index (χ1n) is 5.53. The lowest BCUT2D eigenvalue weighted by Gasteiger charge is -2.07. The van der Waals surface area contributed by atoms with Crippen LogP contribution >= 0.6 is 23.2 Å². The molecule has 0 aliphatic heterocycles. The molecule has 0 spiro atoms. The van der Waals surface area contributed by atoms with E-state index >= 15 is 0 Å². The Balaban J connectivity index is 2.23. The molecule has 0 fully saturated rings. The fourth-order valence-electron chi connectivity index (χ4n) is 1.59. The molecule has 6 heteroatoms. The molecule has 2 aromatic carbocycles. The van der Waals surface area contributed by atoms with Crippen molar-refractivity contribution in [1.82, 2.24) is 0 Å². The molecule has 0 radical (unpaired) electrons. The monoisotopic (exact) mass is 311 g/mol. The van der Waals surface area contributed by atoms with Gasteiger partial charge in [-0.2, -0.15) is 0 Å².